The van der Waals surface area contributed by atoms with Gasteiger partial charge in [0, 0.05) is 34.2 Å². The van der Waals surface area contributed by atoms with Gasteiger partial charge in [0.2, 0.25) is 4.96 Å². The molecule has 1 amide bonds. The number of carbonyl (C=O) groups is 1. The van der Waals surface area contributed by atoms with Gasteiger partial charge in [-0.1, -0.05) is 35.3 Å². The topological polar surface area (TPSA) is 102 Å². The van der Waals surface area contributed by atoms with Crippen LogP contribution in [0.5, 0.6) is 0 Å². The summed E-state index contributed by atoms with van der Waals surface area (Å²) in [6.45, 7) is 0. The third-order valence-corrected chi connectivity index (χ3v) is 5.40. The Hall–Kier alpha value is -3.27. The van der Waals surface area contributed by atoms with Crippen LogP contribution < -0.4 is 5.32 Å². The van der Waals surface area contributed by atoms with E-state index in [1.165, 1.54) is 35.6 Å². The number of fused-ring (bicyclic) bond motifs is 1. The molecule has 0 aliphatic rings. The number of hydrogen-bond acceptors (Lipinski definition) is 6. The fourth-order valence-electron chi connectivity index (χ4n) is 2.68. The first-order valence-corrected chi connectivity index (χ1v) is 10.1. The Morgan fingerprint density at radius 2 is 2.07 bits per heavy atom. The SMILES string of the molecule is O=C(/C=C/c1cccc([N+](=O)[O-])c1)Nc1nc2scc(-c3ccc(Cl)cc3Cl)n2n1. The number of aromatic nitrogens is 3. The summed E-state index contributed by atoms with van der Waals surface area (Å²) in [5.41, 5.74) is 1.93. The summed E-state index contributed by atoms with van der Waals surface area (Å²) in [4.78, 5) is 27.4. The minimum absolute atomic E-state index is 0.0537. The van der Waals surface area contributed by atoms with Crippen molar-refractivity contribution in [1.29, 1.82) is 0 Å². The second kappa shape index (κ2) is 8.23. The van der Waals surface area contributed by atoms with Gasteiger partial charge in [-0.25, -0.2) is 4.52 Å². The molecule has 4 aromatic rings. The van der Waals surface area contributed by atoms with Crippen LogP contribution in [-0.4, -0.2) is 25.4 Å². The van der Waals surface area contributed by atoms with Crippen LogP contribution in [-0.2, 0) is 4.79 Å². The van der Waals surface area contributed by atoms with Crippen LogP contribution in [0.25, 0.3) is 22.3 Å². The van der Waals surface area contributed by atoms with E-state index in [-0.39, 0.29) is 11.6 Å². The molecule has 2 heterocycles. The maximum Gasteiger partial charge on any atom is 0.270 e. The van der Waals surface area contributed by atoms with Gasteiger partial charge in [-0.05, 0) is 29.8 Å². The Morgan fingerprint density at radius 1 is 1.23 bits per heavy atom. The van der Waals surface area contributed by atoms with E-state index in [9.17, 15) is 14.9 Å². The van der Waals surface area contributed by atoms with Crippen LogP contribution in [0.15, 0.2) is 53.9 Å². The molecule has 30 heavy (non-hydrogen) atoms. The minimum Gasteiger partial charge on any atom is -0.290 e. The van der Waals surface area contributed by atoms with E-state index in [1.807, 2.05) is 5.38 Å². The van der Waals surface area contributed by atoms with Gasteiger partial charge < -0.3 is 0 Å². The van der Waals surface area contributed by atoms with Crippen molar-refractivity contribution in [3.8, 4) is 11.3 Å². The predicted octanol–water partition coefficient (Wildman–Crippen LogP) is 5.32. The Balaban J connectivity index is 1.53. The molecule has 2 aromatic heterocycles. The fraction of sp³-hybridized carbons (Fsp3) is 0. The van der Waals surface area contributed by atoms with Crippen molar-refractivity contribution < 1.29 is 9.72 Å². The number of halogens is 2. The van der Waals surface area contributed by atoms with Crippen LogP contribution in [0.1, 0.15) is 5.56 Å². The molecule has 11 heteroatoms. The molecule has 0 spiro atoms. The lowest BCUT2D eigenvalue weighted by Gasteiger charge is -2.02. The maximum absolute atomic E-state index is 12.2. The zero-order chi connectivity index (χ0) is 21.3. The van der Waals surface area contributed by atoms with E-state index in [1.54, 1.807) is 34.8 Å². The number of anilines is 1. The highest BCUT2D eigenvalue weighted by atomic mass is 35.5. The van der Waals surface area contributed by atoms with Gasteiger partial charge in [0.05, 0.1) is 15.6 Å². The van der Waals surface area contributed by atoms with Gasteiger partial charge in [0.1, 0.15) is 0 Å². The van der Waals surface area contributed by atoms with Crippen molar-refractivity contribution in [2.24, 2.45) is 0 Å². The number of thiazole rings is 1. The molecule has 2 aromatic carbocycles. The van der Waals surface area contributed by atoms with Crippen molar-refractivity contribution in [1.82, 2.24) is 14.6 Å². The lowest BCUT2D eigenvalue weighted by Crippen LogP contribution is -2.09. The first-order chi connectivity index (χ1) is 14.4. The van der Waals surface area contributed by atoms with Crippen molar-refractivity contribution >= 4 is 63.1 Å². The van der Waals surface area contributed by atoms with Gasteiger partial charge in [-0.2, -0.15) is 4.98 Å². The zero-order valence-corrected chi connectivity index (χ0v) is 17.3. The van der Waals surface area contributed by atoms with E-state index in [2.05, 4.69) is 15.4 Å². The number of hydrogen-bond donors (Lipinski definition) is 1. The highest BCUT2D eigenvalue weighted by molar-refractivity contribution is 7.15. The molecule has 0 radical (unpaired) electrons. The molecule has 0 atom stereocenters. The third-order valence-electron chi connectivity index (χ3n) is 4.03. The summed E-state index contributed by atoms with van der Waals surface area (Å²) in [7, 11) is 0. The molecule has 0 bridgehead atoms. The van der Waals surface area contributed by atoms with E-state index in [4.69, 9.17) is 23.2 Å². The molecular formula is C19H11Cl2N5O3S. The zero-order valence-electron chi connectivity index (χ0n) is 15.0. The van der Waals surface area contributed by atoms with E-state index >= 15 is 0 Å². The summed E-state index contributed by atoms with van der Waals surface area (Å²) in [6.07, 6.45) is 2.73. The number of carbonyl (C=O) groups excluding carboxylic acids is 1. The number of benzene rings is 2. The van der Waals surface area contributed by atoms with Crippen LogP contribution in [0, 0.1) is 10.1 Å². The molecule has 0 saturated carbocycles. The fourth-order valence-corrected chi connectivity index (χ4v) is 4.01. The van der Waals surface area contributed by atoms with Gasteiger partial charge in [0.25, 0.3) is 17.5 Å². The number of nitrogens with one attached hydrogen (secondary N) is 1. The maximum atomic E-state index is 12.2. The second-order valence-electron chi connectivity index (χ2n) is 6.05. The van der Waals surface area contributed by atoms with Crippen LogP contribution in [0.3, 0.4) is 0 Å². The Morgan fingerprint density at radius 3 is 2.83 bits per heavy atom. The van der Waals surface area contributed by atoms with E-state index in [0.717, 1.165) is 11.3 Å². The number of nitrogens with zero attached hydrogens (tertiary/aromatic N) is 4. The lowest BCUT2D eigenvalue weighted by molar-refractivity contribution is -0.384. The van der Waals surface area contributed by atoms with Crippen molar-refractivity contribution in [2.45, 2.75) is 0 Å². The minimum atomic E-state index is -0.496. The van der Waals surface area contributed by atoms with Crippen molar-refractivity contribution in [2.75, 3.05) is 5.32 Å². The van der Waals surface area contributed by atoms with Crippen LogP contribution in [0.2, 0.25) is 10.0 Å². The van der Waals surface area contributed by atoms with E-state index in [0.29, 0.717) is 20.6 Å². The van der Waals surface area contributed by atoms with Gasteiger partial charge in [-0.15, -0.1) is 16.4 Å². The number of nitro groups is 1. The Kier molecular flexibility index (Phi) is 5.49. The number of amides is 1. The number of non-ortho nitro benzene ring substituents is 1. The number of nitro benzene ring substituents is 1. The van der Waals surface area contributed by atoms with Gasteiger partial charge >= 0.3 is 0 Å². The largest absolute Gasteiger partial charge is 0.290 e. The van der Waals surface area contributed by atoms with Crippen LogP contribution in [0.4, 0.5) is 11.6 Å². The standard InChI is InChI=1S/C19H11Cl2N5O3S/c20-12-5-6-14(15(21)9-12)16-10-30-19-23-18(24-25(16)19)22-17(27)7-4-11-2-1-3-13(8-11)26(28)29/h1-10H,(H,22,24,27)/b7-4+. The molecular weight excluding hydrogens is 449 g/mol. The normalized spacial score (nSPS) is 11.3. The molecule has 0 aliphatic carbocycles. The first kappa shape index (κ1) is 20.0. The van der Waals surface area contributed by atoms with Gasteiger partial charge in [0.15, 0.2) is 0 Å². The Labute approximate surface area is 183 Å². The second-order valence-corrected chi connectivity index (χ2v) is 7.73. The van der Waals surface area contributed by atoms with Crippen LogP contribution >= 0.6 is 34.5 Å². The smallest absolute Gasteiger partial charge is 0.270 e. The first-order valence-electron chi connectivity index (χ1n) is 8.44. The quantitative estimate of drug-likeness (QED) is 0.247. The third kappa shape index (κ3) is 4.18. The van der Waals surface area contributed by atoms with E-state index < -0.39 is 10.8 Å². The molecule has 0 unspecified atom stereocenters. The highest BCUT2D eigenvalue weighted by Gasteiger charge is 2.15. The average molecular weight is 460 g/mol. The van der Waals surface area contributed by atoms with Crippen molar-refractivity contribution in [3.05, 3.63) is 79.6 Å². The Bertz CT molecular complexity index is 1310. The highest BCUT2D eigenvalue weighted by Crippen LogP contribution is 2.33. The van der Waals surface area contributed by atoms with Gasteiger partial charge in [-0.3, -0.25) is 20.2 Å². The lowest BCUT2D eigenvalue weighted by atomic mass is 10.2. The summed E-state index contributed by atoms with van der Waals surface area (Å²) >= 11 is 13.6. The predicted molar refractivity (Wildman–Crippen MR) is 117 cm³/mol. The summed E-state index contributed by atoms with van der Waals surface area (Å²) < 4.78 is 1.58. The summed E-state index contributed by atoms with van der Waals surface area (Å²) in [6, 6.07) is 11.1. The average Bonchev–Trinajstić information content (AvgIpc) is 3.27. The summed E-state index contributed by atoms with van der Waals surface area (Å²) in [5.74, 6) is -0.340. The molecule has 0 fully saturated rings. The summed E-state index contributed by atoms with van der Waals surface area (Å²) in [5, 5.41) is 20.6. The monoisotopic (exact) mass is 459 g/mol. The molecule has 0 saturated heterocycles. The molecule has 8 nitrogen and oxygen atoms in total. The molecule has 4 rings (SSSR count). The van der Waals surface area contributed by atoms with Crippen molar-refractivity contribution in [3.63, 3.8) is 0 Å². The molecule has 150 valence electrons. The molecule has 0 aliphatic heterocycles. The number of rotatable bonds is 5. The molecule has 1 N–H and O–H groups in total.